The second-order valence-corrected chi connectivity index (χ2v) is 3.61. The summed E-state index contributed by atoms with van der Waals surface area (Å²) in [5, 5.41) is 21.9. The highest BCUT2D eigenvalue weighted by Crippen LogP contribution is 2.19. The van der Waals surface area contributed by atoms with Gasteiger partial charge in [-0.15, -0.1) is 0 Å². The van der Waals surface area contributed by atoms with Crippen LogP contribution in [0, 0.1) is 11.8 Å². The third kappa shape index (κ3) is 2.25. The minimum atomic E-state index is 0.0428. The van der Waals surface area contributed by atoms with Crippen molar-refractivity contribution >= 4 is 0 Å². The van der Waals surface area contributed by atoms with E-state index in [9.17, 15) is 10.2 Å². The van der Waals surface area contributed by atoms with Crippen LogP contribution < -0.4 is 5.32 Å². The Morgan fingerprint density at radius 3 is 2.73 bits per heavy atom. The molecule has 80 valence electrons. The van der Waals surface area contributed by atoms with Crippen molar-refractivity contribution in [1.82, 2.24) is 9.88 Å². The number of hydrogen-bond donors (Lipinski definition) is 3. The minimum Gasteiger partial charge on any atom is -0.494 e. The molecule has 4 nitrogen and oxygen atoms in total. The summed E-state index contributed by atoms with van der Waals surface area (Å²) in [6, 6.07) is 3.17. The topological polar surface area (TPSA) is 57.4 Å². The highest BCUT2D eigenvalue weighted by Gasteiger charge is 2.10. The van der Waals surface area contributed by atoms with Gasteiger partial charge in [-0.3, -0.25) is 4.57 Å². The first-order valence-corrected chi connectivity index (χ1v) is 5.06. The van der Waals surface area contributed by atoms with Crippen LogP contribution in [0.1, 0.15) is 12.8 Å². The Morgan fingerprint density at radius 2 is 2.13 bits per heavy atom. The third-order valence-electron chi connectivity index (χ3n) is 2.51. The van der Waals surface area contributed by atoms with E-state index in [0.29, 0.717) is 6.54 Å². The zero-order chi connectivity index (χ0) is 10.7. The van der Waals surface area contributed by atoms with Crippen molar-refractivity contribution in [3.8, 4) is 23.6 Å². The summed E-state index contributed by atoms with van der Waals surface area (Å²) in [7, 11) is 0. The molecule has 1 atom stereocenters. The zero-order valence-electron chi connectivity index (χ0n) is 8.40. The maximum absolute atomic E-state index is 9.34. The van der Waals surface area contributed by atoms with Crippen LogP contribution >= 0.6 is 0 Å². The van der Waals surface area contributed by atoms with Gasteiger partial charge in [0, 0.05) is 12.1 Å². The molecular formula is C11H14N2O2. The molecule has 1 aliphatic rings. The SMILES string of the molecule is Oc1ccc(O)n1CC#CC1CCCN1. The van der Waals surface area contributed by atoms with Gasteiger partial charge in [0.15, 0.2) is 11.8 Å². The number of aromatic nitrogens is 1. The molecule has 0 amide bonds. The summed E-state index contributed by atoms with van der Waals surface area (Å²) in [6.45, 7) is 1.35. The lowest BCUT2D eigenvalue weighted by Gasteiger charge is -2.01. The molecular weight excluding hydrogens is 192 g/mol. The van der Waals surface area contributed by atoms with Crippen molar-refractivity contribution in [1.29, 1.82) is 0 Å². The first-order valence-electron chi connectivity index (χ1n) is 5.06. The quantitative estimate of drug-likeness (QED) is 0.591. The fourth-order valence-corrected chi connectivity index (χ4v) is 1.66. The zero-order valence-corrected chi connectivity index (χ0v) is 8.40. The van der Waals surface area contributed by atoms with Gasteiger partial charge in [-0.2, -0.15) is 0 Å². The smallest absolute Gasteiger partial charge is 0.194 e. The van der Waals surface area contributed by atoms with Gasteiger partial charge in [0.05, 0.1) is 12.6 Å². The third-order valence-corrected chi connectivity index (χ3v) is 2.51. The van der Waals surface area contributed by atoms with E-state index < -0.39 is 0 Å². The van der Waals surface area contributed by atoms with Crippen molar-refractivity contribution in [2.45, 2.75) is 25.4 Å². The van der Waals surface area contributed by atoms with E-state index in [-0.39, 0.29) is 17.8 Å². The molecule has 0 aliphatic carbocycles. The molecule has 1 fully saturated rings. The molecule has 0 aromatic carbocycles. The van der Waals surface area contributed by atoms with Crippen molar-refractivity contribution in [2.24, 2.45) is 0 Å². The molecule has 0 bridgehead atoms. The summed E-state index contributed by atoms with van der Waals surface area (Å²) in [6.07, 6.45) is 2.25. The maximum atomic E-state index is 9.34. The van der Waals surface area contributed by atoms with Crippen molar-refractivity contribution in [2.75, 3.05) is 6.54 Å². The summed E-state index contributed by atoms with van der Waals surface area (Å²) < 4.78 is 1.36. The predicted octanol–water partition coefficient (Wildman–Crippen LogP) is 0.655. The molecule has 0 saturated carbocycles. The number of nitrogens with zero attached hydrogens (tertiary/aromatic N) is 1. The van der Waals surface area contributed by atoms with Gasteiger partial charge in [0.25, 0.3) is 0 Å². The Labute approximate surface area is 88.5 Å². The molecule has 1 aromatic rings. The van der Waals surface area contributed by atoms with Crippen LogP contribution in [0.2, 0.25) is 0 Å². The van der Waals surface area contributed by atoms with E-state index in [2.05, 4.69) is 17.2 Å². The van der Waals surface area contributed by atoms with Crippen LogP contribution in [0.25, 0.3) is 0 Å². The maximum Gasteiger partial charge on any atom is 0.194 e. The van der Waals surface area contributed by atoms with Gasteiger partial charge in [-0.25, -0.2) is 0 Å². The largest absolute Gasteiger partial charge is 0.494 e. The summed E-state index contributed by atoms with van der Waals surface area (Å²) in [5.41, 5.74) is 0. The van der Waals surface area contributed by atoms with Gasteiger partial charge in [-0.1, -0.05) is 11.8 Å². The van der Waals surface area contributed by atoms with E-state index >= 15 is 0 Å². The van der Waals surface area contributed by atoms with Crippen LogP contribution in [0.15, 0.2) is 12.1 Å². The highest BCUT2D eigenvalue weighted by atomic mass is 16.3. The molecule has 15 heavy (non-hydrogen) atoms. The summed E-state index contributed by atoms with van der Waals surface area (Å²) in [5.74, 6) is 6.10. The Hall–Kier alpha value is -1.60. The number of hydrogen-bond acceptors (Lipinski definition) is 3. The van der Waals surface area contributed by atoms with E-state index in [1.165, 1.54) is 23.1 Å². The van der Waals surface area contributed by atoms with Crippen LogP contribution in [0.4, 0.5) is 0 Å². The Morgan fingerprint density at radius 1 is 1.40 bits per heavy atom. The normalized spacial score (nSPS) is 19.9. The van der Waals surface area contributed by atoms with Gasteiger partial charge in [-0.05, 0) is 19.4 Å². The van der Waals surface area contributed by atoms with Gasteiger partial charge < -0.3 is 15.5 Å². The molecule has 3 N–H and O–H groups in total. The highest BCUT2D eigenvalue weighted by molar-refractivity contribution is 5.25. The molecule has 1 saturated heterocycles. The molecule has 1 aromatic heterocycles. The lowest BCUT2D eigenvalue weighted by molar-refractivity contribution is 0.380. The van der Waals surface area contributed by atoms with Crippen LogP contribution in [-0.4, -0.2) is 27.4 Å². The molecule has 2 rings (SSSR count). The number of aromatic hydroxyl groups is 2. The summed E-state index contributed by atoms with van der Waals surface area (Å²) >= 11 is 0. The van der Waals surface area contributed by atoms with Crippen LogP contribution in [-0.2, 0) is 6.54 Å². The Bertz CT molecular complexity index is 375. The standard InChI is InChI=1S/C11H14N2O2/c14-10-5-6-11(15)13(10)8-2-4-9-3-1-7-12-9/h5-6,9,12,14-15H,1,3,7-8H2. The van der Waals surface area contributed by atoms with Crippen molar-refractivity contribution < 1.29 is 10.2 Å². The molecule has 0 spiro atoms. The van der Waals surface area contributed by atoms with E-state index in [4.69, 9.17) is 0 Å². The molecule has 1 aliphatic heterocycles. The van der Waals surface area contributed by atoms with E-state index in [1.54, 1.807) is 0 Å². The average molecular weight is 206 g/mol. The van der Waals surface area contributed by atoms with Gasteiger partial charge >= 0.3 is 0 Å². The predicted molar refractivity (Wildman–Crippen MR) is 56.6 cm³/mol. The lowest BCUT2D eigenvalue weighted by atomic mass is 10.2. The fourth-order valence-electron chi connectivity index (χ4n) is 1.66. The van der Waals surface area contributed by atoms with E-state index in [1.807, 2.05) is 0 Å². The van der Waals surface area contributed by atoms with Gasteiger partial charge in [0.1, 0.15) is 0 Å². The lowest BCUT2D eigenvalue weighted by Crippen LogP contribution is -2.18. The molecule has 0 radical (unpaired) electrons. The molecule has 4 heteroatoms. The summed E-state index contributed by atoms with van der Waals surface area (Å²) in [4.78, 5) is 0. The second-order valence-electron chi connectivity index (χ2n) is 3.61. The van der Waals surface area contributed by atoms with Crippen molar-refractivity contribution in [3.63, 3.8) is 0 Å². The van der Waals surface area contributed by atoms with Crippen LogP contribution in [0.3, 0.4) is 0 Å². The molecule has 2 heterocycles. The molecule has 1 unspecified atom stereocenters. The number of nitrogens with one attached hydrogen (secondary N) is 1. The Kier molecular flexibility index (Phi) is 2.84. The second kappa shape index (κ2) is 4.28. The van der Waals surface area contributed by atoms with Crippen LogP contribution in [0.5, 0.6) is 11.8 Å². The minimum absolute atomic E-state index is 0.0428. The number of rotatable bonds is 1. The van der Waals surface area contributed by atoms with Gasteiger partial charge in [0.2, 0.25) is 0 Å². The monoisotopic (exact) mass is 206 g/mol. The first-order chi connectivity index (χ1) is 7.27. The van der Waals surface area contributed by atoms with E-state index in [0.717, 1.165) is 13.0 Å². The first kappa shape index (κ1) is 9.94. The van der Waals surface area contributed by atoms with Crippen molar-refractivity contribution in [3.05, 3.63) is 12.1 Å². The Balaban J connectivity index is 1.97. The fraction of sp³-hybridized carbons (Fsp3) is 0.455. The average Bonchev–Trinajstić information content (AvgIpc) is 2.82.